The number of piperidine rings is 1. The Kier molecular flexibility index (Phi) is 6.98. The highest BCUT2D eigenvalue weighted by Crippen LogP contribution is 2.32. The van der Waals surface area contributed by atoms with Crippen LogP contribution in [0.15, 0.2) is 24.3 Å². The quantitative estimate of drug-likeness (QED) is 0.737. The Hall–Kier alpha value is -1.80. The number of carbonyl (C=O) groups excluding carboxylic acids is 1. The molecule has 9 heteroatoms. The Morgan fingerprint density at radius 2 is 1.93 bits per heavy atom. The molecule has 1 fully saturated rings. The van der Waals surface area contributed by atoms with Crippen molar-refractivity contribution in [2.75, 3.05) is 13.1 Å². The van der Waals surface area contributed by atoms with Crippen LogP contribution in [0.1, 0.15) is 31.7 Å². The van der Waals surface area contributed by atoms with E-state index in [1.165, 1.54) is 4.90 Å². The number of carboxylic acid groups (broad SMARTS) is 1. The van der Waals surface area contributed by atoms with Crippen molar-refractivity contribution < 1.29 is 27.9 Å². The Morgan fingerprint density at radius 3 is 2.46 bits per heavy atom. The number of nitrogens with zero attached hydrogens (tertiary/aromatic N) is 1. The van der Waals surface area contributed by atoms with Gasteiger partial charge in [-0.25, -0.2) is 0 Å². The molecule has 1 heterocycles. The fourth-order valence-corrected chi connectivity index (χ4v) is 3.76. The lowest BCUT2D eigenvalue weighted by atomic mass is 9.82. The van der Waals surface area contributed by atoms with E-state index in [4.69, 9.17) is 22.4 Å². The molecule has 1 aromatic rings. The minimum atomic E-state index is -4.64. The Labute approximate surface area is 166 Å². The molecule has 0 saturated carbocycles. The van der Waals surface area contributed by atoms with Crippen LogP contribution in [0.25, 0.3) is 0 Å². The van der Waals surface area contributed by atoms with Crippen molar-refractivity contribution in [3.05, 3.63) is 34.9 Å². The summed E-state index contributed by atoms with van der Waals surface area (Å²) in [5.74, 6) is -5.35. The van der Waals surface area contributed by atoms with Crippen LogP contribution in [-0.2, 0) is 16.0 Å². The summed E-state index contributed by atoms with van der Waals surface area (Å²) in [6, 6.07) is 7.08. The van der Waals surface area contributed by atoms with Crippen molar-refractivity contribution in [1.82, 2.24) is 4.90 Å². The molecule has 0 aliphatic carbocycles. The molecule has 2 rings (SSSR count). The van der Waals surface area contributed by atoms with Gasteiger partial charge < -0.3 is 15.7 Å². The summed E-state index contributed by atoms with van der Waals surface area (Å²) < 4.78 is 38.8. The van der Waals surface area contributed by atoms with Gasteiger partial charge in [-0.15, -0.1) is 0 Å². The van der Waals surface area contributed by atoms with Gasteiger partial charge >= 0.3 is 12.1 Å². The van der Waals surface area contributed by atoms with Crippen LogP contribution < -0.4 is 5.73 Å². The SMILES string of the molecule is C[C@H](C(=O)O)C(CC(F)(F)F)C(=O)N1CCC[C@@](N)(Cc2ccc(Cl)cc2)C1. The van der Waals surface area contributed by atoms with Crippen molar-refractivity contribution in [3.63, 3.8) is 0 Å². The van der Waals surface area contributed by atoms with Crippen molar-refractivity contribution in [1.29, 1.82) is 0 Å². The molecular formula is C19H24ClF3N2O3. The Morgan fingerprint density at radius 1 is 1.32 bits per heavy atom. The molecule has 0 aromatic heterocycles. The number of carboxylic acids is 1. The maximum Gasteiger partial charge on any atom is 0.389 e. The lowest BCUT2D eigenvalue weighted by Gasteiger charge is -2.42. The van der Waals surface area contributed by atoms with Crippen LogP contribution in [0.4, 0.5) is 13.2 Å². The summed E-state index contributed by atoms with van der Waals surface area (Å²) in [5, 5.41) is 9.72. The van der Waals surface area contributed by atoms with Gasteiger partial charge in [0, 0.05) is 23.7 Å². The molecule has 0 radical (unpaired) electrons. The normalized spacial score (nSPS) is 22.6. The molecule has 1 aliphatic heterocycles. The number of halogens is 4. The van der Waals surface area contributed by atoms with Crippen LogP contribution in [0.5, 0.6) is 0 Å². The van der Waals surface area contributed by atoms with Gasteiger partial charge in [0.15, 0.2) is 0 Å². The smallest absolute Gasteiger partial charge is 0.389 e. The number of alkyl halides is 3. The number of amides is 1. The first-order valence-corrected chi connectivity index (χ1v) is 9.40. The topological polar surface area (TPSA) is 83.6 Å². The summed E-state index contributed by atoms with van der Waals surface area (Å²) >= 11 is 5.87. The third kappa shape index (κ3) is 6.10. The third-order valence-electron chi connectivity index (χ3n) is 5.15. The zero-order valence-corrected chi connectivity index (χ0v) is 16.3. The van der Waals surface area contributed by atoms with Crippen LogP contribution in [0.2, 0.25) is 5.02 Å². The van der Waals surface area contributed by atoms with Crippen LogP contribution in [-0.4, -0.2) is 46.7 Å². The van der Waals surface area contributed by atoms with E-state index in [0.717, 1.165) is 12.5 Å². The second-order valence-electron chi connectivity index (χ2n) is 7.58. The Balaban J connectivity index is 2.16. The van der Waals surface area contributed by atoms with E-state index in [1.54, 1.807) is 12.1 Å². The van der Waals surface area contributed by atoms with E-state index in [0.29, 0.717) is 24.3 Å². The van der Waals surface area contributed by atoms with Crippen molar-refractivity contribution in [3.8, 4) is 0 Å². The number of likely N-dealkylation sites (tertiary alicyclic amines) is 1. The molecule has 1 unspecified atom stereocenters. The predicted octanol–water partition coefficient (Wildman–Crippen LogP) is 3.49. The molecule has 0 bridgehead atoms. The first-order valence-electron chi connectivity index (χ1n) is 9.02. The molecule has 1 amide bonds. The molecule has 3 atom stereocenters. The van der Waals surface area contributed by atoms with Gasteiger partial charge in [-0.2, -0.15) is 13.2 Å². The van der Waals surface area contributed by atoms with Crippen LogP contribution in [0, 0.1) is 11.8 Å². The van der Waals surface area contributed by atoms with Crippen LogP contribution in [0.3, 0.4) is 0 Å². The van der Waals surface area contributed by atoms with Gasteiger partial charge in [0.1, 0.15) is 0 Å². The standard InChI is InChI=1S/C19H24ClF3N2O3/c1-12(17(27)28)15(10-19(21,22)23)16(26)25-8-2-7-18(24,11-25)9-13-3-5-14(20)6-4-13/h3-6,12,15H,2,7-11,24H2,1H3,(H,27,28)/t12-,15?,18+/m0/s1. The number of nitrogens with two attached hydrogens (primary N) is 1. The molecule has 1 saturated heterocycles. The van der Waals surface area contributed by atoms with E-state index in [-0.39, 0.29) is 13.1 Å². The molecular weight excluding hydrogens is 397 g/mol. The summed E-state index contributed by atoms with van der Waals surface area (Å²) in [5.41, 5.74) is 6.57. The number of benzene rings is 1. The van der Waals surface area contributed by atoms with E-state index >= 15 is 0 Å². The van der Waals surface area contributed by atoms with Gasteiger partial charge in [-0.05, 0) is 37.0 Å². The fourth-order valence-electron chi connectivity index (χ4n) is 3.64. The summed E-state index contributed by atoms with van der Waals surface area (Å²) in [6.45, 7) is 1.47. The summed E-state index contributed by atoms with van der Waals surface area (Å²) in [7, 11) is 0. The predicted molar refractivity (Wildman–Crippen MR) is 98.9 cm³/mol. The molecule has 28 heavy (non-hydrogen) atoms. The van der Waals surface area contributed by atoms with E-state index < -0.39 is 41.8 Å². The number of hydrogen-bond acceptors (Lipinski definition) is 3. The second-order valence-corrected chi connectivity index (χ2v) is 8.02. The van der Waals surface area contributed by atoms with Gasteiger partial charge in [0.05, 0.1) is 18.3 Å². The second kappa shape index (κ2) is 8.69. The van der Waals surface area contributed by atoms with Crippen molar-refractivity contribution >= 4 is 23.5 Å². The summed E-state index contributed by atoms with van der Waals surface area (Å²) in [6.07, 6.45) is -4.52. The van der Waals surface area contributed by atoms with E-state index in [1.807, 2.05) is 12.1 Å². The monoisotopic (exact) mass is 420 g/mol. The van der Waals surface area contributed by atoms with Gasteiger partial charge in [0.2, 0.25) is 5.91 Å². The number of carbonyl (C=O) groups is 2. The minimum absolute atomic E-state index is 0.0785. The van der Waals surface area contributed by atoms with Crippen molar-refractivity contribution in [2.24, 2.45) is 17.6 Å². The van der Waals surface area contributed by atoms with Gasteiger partial charge in [0.25, 0.3) is 0 Å². The average Bonchev–Trinajstić information content (AvgIpc) is 2.59. The molecule has 3 N–H and O–H groups in total. The first-order chi connectivity index (χ1) is 12.9. The number of rotatable bonds is 6. The van der Waals surface area contributed by atoms with Crippen molar-refractivity contribution in [2.45, 2.75) is 44.3 Å². The Bertz CT molecular complexity index is 711. The largest absolute Gasteiger partial charge is 0.481 e. The van der Waals surface area contributed by atoms with Crippen LogP contribution >= 0.6 is 11.6 Å². The zero-order chi connectivity index (χ0) is 21.1. The molecule has 5 nitrogen and oxygen atoms in total. The number of aliphatic carboxylic acids is 1. The van der Waals surface area contributed by atoms with E-state index in [9.17, 15) is 22.8 Å². The maximum atomic E-state index is 12.9. The van der Waals surface area contributed by atoms with E-state index in [2.05, 4.69) is 0 Å². The molecule has 1 aliphatic rings. The van der Waals surface area contributed by atoms with Gasteiger partial charge in [-0.3, -0.25) is 9.59 Å². The fraction of sp³-hybridized carbons (Fsp3) is 0.579. The molecule has 1 aromatic carbocycles. The summed E-state index contributed by atoms with van der Waals surface area (Å²) in [4.78, 5) is 25.3. The van der Waals surface area contributed by atoms with Gasteiger partial charge in [-0.1, -0.05) is 30.7 Å². The maximum absolute atomic E-state index is 12.9. The third-order valence-corrected chi connectivity index (χ3v) is 5.40. The highest BCUT2D eigenvalue weighted by molar-refractivity contribution is 6.30. The highest BCUT2D eigenvalue weighted by Gasteiger charge is 2.44. The molecule has 0 spiro atoms. The lowest BCUT2D eigenvalue weighted by Crippen LogP contribution is -2.58. The first kappa shape index (κ1) is 22.5. The molecule has 156 valence electrons. The average molecular weight is 421 g/mol. The zero-order valence-electron chi connectivity index (χ0n) is 15.5. The minimum Gasteiger partial charge on any atom is -0.481 e. The number of hydrogen-bond donors (Lipinski definition) is 2. The lowest BCUT2D eigenvalue weighted by molar-refractivity contribution is -0.169. The highest BCUT2D eigenvalue weighted by atomic mass is 35.5.